The van der Waals surface area contributed by atoms with Crippen LogP contribution in [0.15, 0.2) is 18.2 Å². The quantitative estimate of drug-likeness (QED) is 0.789. The highest BCUT2D eigenvalue weighted by atomic mass is 35.5. The summed E-state index contributed by atoms with van der Waals surface area (Å²) in [6.07, 6.45) is 0.750. The van der Waals surface area contributed by atoms with Crippen LogP contribution in [0.1, 0.15) is 19.4 Å². The number of hydrogen-bond donors (Lipinski definition) is 1. The summed E-state index contributed by atoms with van der Waals surface area (Å²) in [5, 5.41) is 0.737. The molecule has 0 aromatic heterocycles. The summed E-state index contributed by atoms with van der Waals surface area (Å²) >= 11 is 6.16. The highest BCUT2D eigenvalue weighted by molar-refractivity contribution is 6.31. The van der Waals surface area contributed by atoms with Gasteiger partial charge in [0.05, 0.1) is 0 Å². The SMILES string of the molecule is CCN(CC)CCOc1cccc(Cl)c1CCN. The summed E-state index contributed by atoms with van der Waals surface area (Å²) < 4.78 is 5.82. The summed E-state index contributed by atoms with van der Waals surface area (Å²) in [6.45, 7) is 8.60. The van der Waals surface area contributed by atoms with Gasteiger partial charge in [0, 0.05) is 17.1 Å². The van der Waals surface area contributed by atoms with E-state index in [1.165, 1.54) is 0 Å². The predicted molar refractivity (Wildman–Crippen MR) is 77.5 cm³/mol. The standard InChI is InChI=1S/C14H23ClN2O/c1-3-17(4-2)10-11-18-14-7-5-6-13(15)12(14)8-9-16/h5-7H,3-4,8-11,16H2,1-2H3. The van der Waals surface area contributed by atoms with Gasteiger partial charge in [-0.05, 0) is 38.2 Å². The van der Waals surface area contributed by atoms with Gasteiger partial charge in [0.15, 0.2) is 0 Å². The Hall–Kier alpha value is -0.770. The number of benzene rings is 1. The highest BCUT2D eigenvalue weighted by Gasteiger charge is 2.08. The van der Waals surface area contributed by atoms with Crippen molar-refractivity contribution in [2.45, 2.75) is 20.3 Å². The van der Waals surface area contributed by atoms with Crippen LogP contribution in [0.4, 0.5) is 0 Å². The Morgan fingerprint density at radius 1 is 1.28 bits per heavy atom. The van der Waals surface area contributed by atoms with Crippen molar-refractivity contribution in [2.75, 3.05) is 32.8 Å². The van der Waals surface area contributed by atoms with Crippen LogP contribution < -0.4 is 10.5 Å². The molecule has 102 valence electrons. The molecule has 0 heterocycles. The second-order valence-electron chi connectivity index (χ2n) is 4.13. The molecule has 0 amide bonds. The molecule has 0 aliphatic rings. The maximum atomic E-state index is 6.16. The second-order valence-corrected chi connectivity index (χ2v) is 4.54. The average molecular weight is 271 g/mol. The fourth-order valence-electron chi connectivity index (χ4n) is 1.89. The minimum atomic E-state index is 0.580. The number of likely N-dealkylation sites (N-methyl/N-ethyl adjacent to an activating group) is 1. The zero-order chi connectivity index (χ0) is 13.4. The number of nitrogens with two attached hydrogens (primary N) is 1. The topological polar surface area (TPSA) is 38.5 Å². The third-order valence-corrected chi connectivity index (χ3v) is 3.38. The van der Waals surface area contributed by atoms with Gasteiger partial charge < -0.3 is 15.4 Å². The van der Waals surface area contributed by atoms with E-state index in [-0.39, 0.29) is 0 Å². The first-order valence-corrected chi connectivity index (χ1v) is 6.93. The molecule has 4 heteroatoms. The zero-order valence-electron chi connectivity index (χ0n) is 11.3. The van der Waals surface area contributed by atoms with Crippen molar-refractivity contribution in [3.8, 4) is 5.75 Å². The van der Waals surface area contributed by atoms with E-state index in [1.807, 2.05) is 18.2 Å². The van der Waals surface area contributed by atoms with Crippen molar-refractivity contribution in [1.29, 1.82) is 0 Å². The third-order valence-electron chi connectivity index (χ3n) is 3.03. The van der Waals surface area contributed by atoms with Crippen LogP contribution in [0.3, 0.4) is 0 Å². The van der Waals surface area contributed by atoms with Crippen LogP contribution in [0.5, 0.6) is 5.75 Å². The Labute approximate surface area is 115 Å². The van der Waals surface area contributed by atoms with Gasteiger partial charge in [-0.3, -0.25) is 0 Å². The van der Waals surface area contributed by atoms with Crippen LogP contribution in [0.25, 0.3) is 0 Å². The lowest BCUT2D eigenvalue weighted by Crippen LogP contribution is -2.28. The highest BCUT2D eigenvalue weighted by Crippen LogP contribution is 2.26. The van der Waals surface area contributed by atoms with Gasteiger partial charge in [-0.1, -0.05) is 31.5 Å². The minimum Gasteiger partial charge on any atom is -0.492 e. The molecule has 3 nitrogen and oxygen atoms in total. The van der Waals surface area contributed by atoms with E-state index in [0.29, 0.717) is 13.2 Å². The Kier molecular flexibility index (Phi) is 7.09. The smallest absolute Gasteiger partial charge is 0.124 e. The summed E-state index contributed by atoms with van der Waals surface area (Å²) in [6, 6.07) is 5.75. The number of halogens is 1. The molecule has 0 fully saturated rings. The fourth-order valence-corrected chi connectivity index (χ4v) is 2.15. The molecule has 0 aliphatic heterocycles. The maximum absolute atomic E-state index is 6.16. The first-order chi connectivity index (χ1) is 8.72. The van der Waals surface area contributed by atoms with E-state index in [2.05, 4.69) is 18.7 Å². The Morgan fingerprint density at radius 2 is 2.00 bits per heavy atom. The summed E-state index contributed by atoms with van der Waals surface area (Å²) in [5.74, 6) is 0.861. The van der Waals surface area contributed by atoms with Crippen molar-refractivity contribution in [1.82, 2.24) is 4.90 Å². The molecule has 0 atom stereocenters. The van der Waals surface area contributed by atoms with Gasteiger partial charge in [-0.2, -0.15) is 0 Å². The second kappa shape index (κ2) is 8.35. The van der Waals surface area contributed by atoms with E-state index in [1.54, 1.807) is 0 Å². The zero-order valence-corrected chi connectivity index (χ0v) is 12.0. The van der Waals surface area contributed by atoms with Crippen molar-refractivity contribution in [3.05, 3.63) is 28.8 Å². The lowest BCUT2D eigenvalue weighted by Gasteiger charge is -2.19. The van der Waals surface area contributed by atoms with Crippen LogP contribution >= 0.6 is 11.6 Å². The molecule has 0 radical (unpaired) electrons. The predicted octanol–water partition coefficient (Wildman–Crippen LogP) is 2.56. The van der Waals surface area contributed by atoms with E-state index in [4.69, 9.17) is 22.1 Å². The van der Waals surface area contributed by atoms with E-state index in [0.717, 1.165) is 42.4 Å². The molecule has 1 aromatic carbocycles. The van der Waals surface area contributed by atoms with Crippen LogP contribution in [0, 0.1) is 0 Å². The lowest BCUT2D eigenvalue weighted by atomic mass is 10.1. The number of hydrogen-bond acceptors (Lipinski definition) is 3. The molecule has 0 bridgehead atoms. The van der Waals surface area contributed by atoms with Crippen molar-refractivity contribution in [2.24, 2.45) is 5.73 Å². The maximum Gasteiger partial charge on any atom is 0.124 e. The molecule has 1 rings (SSSR count). The van der Waals surface area contributed by atoms with Crippen molar-refractivity contribution >= 4 is 11.6 Å². The average Bonchev–Trinajstić information content (AvgIpc) is 2.38. The Balaban J connectivity index is 2.58. The van der Waals surface area contributed by atoms with Crippen LogP contribution in [-0.2, 0) is 6.42 Å². The first-order valence-electron chi connectivity index (χ1n) is 6.55. The Bertz CT molecular complexity index is 354. The summed E-state index contributed by atoms with van der Waals surface area (Å²) in [4.78, 5) is 2.33. The molecule has 0 spiro atoms. The molecule has 0 unspecified atom stereocenters. The van der Waals surface area contributed by atoms with Gasteiger partial charge in [0.1, 0.15) is 12.4 Å². The molecular formula is C14H23ClN2O. The largest absolute Gasteiger partial charge is 0.492 e. The van der Waals surface area contributed by atoms with Gasteiger partial charge in [-0.25, -0.2) is 0 Å². The normalized spacial score (nSPS) is 10.9. The molecule has 2 N–H and O–H groups in total. The van der Waals surface area contributed by atoms with Gasteiger partial charge in [0.25, 0.3) is 0 Å². The van der Waals surface area contributed by atoms with Crippen molar-refractivity contribution < 1.29 is 4.74 Å². The van der Waals surface area contributed by atoms with Gasteiger partial charge in [0.2, 0.25) is 0 Å². The van der Waals surface area contributed by atoms with Crippen LogP contribution in [-0.4, -0.2) is 37.7 Å². The first kappa shape index (κ1) is 15.3. The molecule has 0 aliphatic carbocycles. The van der Waals surface area contributed by atoms with Crippen LogP contribution in [0.2, 0.25) is 5.02 Å². The number of nitrogens with zero attached hydrogens (tertiary/aromatic N) is 1. The fraction of sp³-hybridized carbons (Fsp3) is 0.571. The van der Waals surface area contributed by atoms with E-state index < -0.39 is 0 Å². The molecule has 0 saturated carbocycles. The molecular weight excluding hydrogens is 248 g/mol. The summed E-state index contributed by atoms with van der Waals surface area (Å²) in [7, 11) is 0. The third kappa shape index (κ3) is 4.48. The number of ether oxygens (including phenoxy) is 1. The molecule has 1 aromatic rings. The van der Waals surface area contributed by atoms with E-state index >= 15 is 0 Å². The Morgan fingerprint density at radius 3 is 2.61 bits per heavy atom. The molecule has 18 heavy (non-hydrogen) atoms. The summed E-state index contributed by atoms with van der Waals surface area (Å²) in [5.41, 5.74) is 6.61. The van der Waals surface area contributed by atoms with Gasteiger partial charge in [-0.15, -0.1) is 0 Å². The van der Waals surface area contributed by atoms with E-state index in [9.17, 15) is 0 Å². The monoisotopic (exact) mass is 270 g/mol. The molecule has 0 saturated heterocycles. The van der Waals surface area contributed by atoms with Gasteiger partial charge >= 0.3 is 0 Å². The van der Waals surface area contributed by atoms with Crippen molar-refractivity contribution in [3.63, 3.8) is 0 Å². The minimum absolute atomic E-state index is 0.580. The number of rotatable bonds is 8. The lowest BCUT2D eigenvalue weighted by molar-refractivity contribution is 0.221.